The van der Waals surface area contributed by atoms with Gasteiger partial charge in [0.05, 0.1) is 17.0 Å². The maximum absolute atomic E-state index is 13.5. The average Bonchev–Trinajstić information content (AvgIpc) is 2.60. The Kier molecular flexibility index (Phi) is 4.80. The number of H-pyrrole nitrogens is 1. The van der Waals surface area contributed by atoms with Crippen molar-refractivity contribution in [2.75, 3.05) is 5.32 Å². The number of pyridine rings is 1. The molecule has 0 aliphatic heterocycles. The summed E-state index contributed by atoms with van der Waals surface area (Å²) in [5.41, 5.74) is -1.76. The van der Waals surface area contributed by atoms with Crippen molar-refractivity contribution in [1.82, 2.24) is 15.0 Å². The number of anilines is 1. The van der Waals surface area contributed by atoms with E-state index in [2.05, 4.69) is 20.3 Å². The number of carboxylic acid groups (broad SMARTS) is 1. The minimum atomic E-state index is -4.75. The Morgan fingerprint density at radius 1 is 1.21 bits per heavy atom. The van der Waals surface area contributed by atoms with Crippen molar-refractivity contribution in [3.63, 3.8) is 0 Å². The molecule has 2 aromatic heterocycles. The summed E-state index contributed by atoms with van der Waals surface area (Å²) >= 11 is 0. The van der Waals surface area contributed by atoms with E-state index in [9.17, 15) is 22.8 Å². The van der Waals surface area contributed by atoms with E-state index < -0.39 is 29.4 Å². The second-order valence-electron chi connectivity index (χ2n) is 6.19. The molecule has 10 heteroatoms. The van der Waals surface area contributed by atoms with Gasteiger partial charge in [-0.25, -0.2) is 14.8 Å². The van der Waals surface area contributed by atoms with Gasteiger partial charge in [-0.3, -0.25) is 4.79 Å². The number of aryl methyl sites for hydroxylation is 1. The van der Waals surface area contributed by atoms with Gasteiger partial charge < -0.3 is 15.4 Å². The SMILES string of the molecule is Cc1nc2nc(C(F)(F)F)c([C@H](C)Nc3ccc(C(=O)O)cc3)cc2c(=O)[nH]1. The average molecular weight is 392 g/mol. The molecule has 0 amide bonds. The van der Waals surface area contributed by atoms with E-state index in [1.165, 1.54) is 38.1 Å². The Morgan fingerprint density at radius 3 is 2.43 bits per heavy atom. The summed E-state index contributed by atoms with van der Waals surface area (Å²) in [5, 5.41) is 11.7. The zero-order valence-electron chi connectivity index (χ0n) is 14.8. The van der Waals surface area contributed by atoms with E-state index in [1.807, 2.05) is 0 Å². The quantitative estimate of drug-likeness (QED) is 0.627. The number of rotatable bonds is 4. The fraction of sp³-hybridized carbons (Fsp3) is 0.222. The third kappa shape index (κ3) is 3.80. The number of aromatic nitrogens is 3. The van der Waals surface area contributed by atoms with E-state index in [0.29, 0.717) is 5.69 Å². The molecule has 2 heterocycles. The summed E-state index contributed by atoms with van der Waals surface area (Å²) in [4.78, 5) is 32.9. The highest BCUT2D eigenvalue weighted by molar-refractivity contribution is 5.88. The second-order valence-corrected chi connectivity index (χ2v) is 6.19. The summed E-state index contributed by atoms with van der Waals surface area (Å²) in [6.45, 7) is 2.94. The first-order valence-electron chi connectivity index (χ1n) is 8.15. The van der Waals surface area contributed by atoms with Crippen molar-refractivity contribution in [1.29, 1.82) is 0 Å². The number of nitrogens with one attached hydrogen (secondary N) is 2. The standard InChI is InChI=1S/C18H15F3N4O3/c1-8(22-11-5-3-10(4-6-11)17(27)28)12-7-13-15(23-9(2)24-16(13)26)25-14(12)18(19,20)21/h3-8,22H,1-2H3,(H,27,28)(H,23,24,25,26)/t8-/m0/s1. The van der Waals surface area contributed by atoms with Gasteiger partial charge in [0.1, 0.15) is 5.82 Å². The van der Waals surface area contributed by atoms with Crippen molar-refractivity contribution in [2.45, 2.75) is 26.1 Å². The van der Waals surface area contributed by atoms with Crippen LogP contribution in [0.3, 0.4) is 0 Å². The Labute approximate surface area is 156 Å². The third-order valence-electron chi connectivity index (χ3n) is 4.09. The molecular weight excluding hydrogens is 377 g/mol. The normalized spacial score (nSPS) is 12.8. The Bertz CT molecular complexity index is 1110. The lowest BCUT2D eigenvalue weighted by molar-refractivity contribution is -0.141. The monoisotopic (exact) mass is 392 g/mol. The number of alkyl halides is 3. The first-order valence-corrected chi connectivity index (χ1v) is 8.15. The van der Waals surface area contributed by atoms with Gasteiger partial charge in [-0.1, -0.05) is 0 Å². The number of carboxylic acids is 1. The largest absolute Gasteiger partial charge is 0.478 e. The fourth-order valence-electron chi connectivity index (χ4n) is 2.78. The van der Waals surface area contributed by atoms with Crippen LogP contribution in [-0.2, 0) is 6.18 Å². The number of aromatic amines is 1. The summed E-state index contributed by atoms with van der Waals surface area (Å²) < 4.78 is 40.6. The molecule has 146 valence electrons. The minimum Gasteiger partial charge on any atom is -0.478 e. The van der Waals surface area contributed by atoms with Gasteiger partial charge in [0.15, 0.2) is 11.3 Å². The predicted molar refractivity (Wildman–Crippen MR) is 95.3 cm³/mol. The molecular formula is C18H15F3N4O3. The molecule has 3 rings (SSSR count). The second kappa shape index (κ2) is 6.95. The smallest absolute Gasteiger partial charge is 0.433 e. The van der Waals surface area contributed by atoms with Crippen LogP contribution in [0.4, 0.5) is 18.9 Å². The molecule has 3 aromatic rings. The lowest BCUT2D eigenvalue weighted by atomic mass is 10.0. The molecule has 1 aromatic carbocycles. The van der Waals surface area contributed by atoms with Crippen molar-refractivity contribution < 1.29 is 23.1 Å². The van der Waals surface area contributed by atoms with Crippen molar-refractivity contribution >= 4 is 22.7 Å². The topological polar surface area (TPSA) is 108 Å². The molecule has 0 aliphatic carbocycles. The highest BCUT2D eigenvalue weighted by Gasteiger charge is 2.37. The van der Waals surface area contributed by atoms with Crippen LogP contribution in [0.15, 0.2) is 35.1 Å². The van der Waals surface area contributed by atoms with E-state index >= 15 is 0 Å². The van der Waals surface area contributed by atoms with Crippen LogP contribution in [0, 0.1) is 6.92 Å². The Hall–Kier alpha value is -3.43. The van der Waals surface area contributed by atoms with Crippen LogP contribution < -0.4 is 10.9 Å². The van der Waals surface area contributed by atoms with Crippen molar-refractivity contribution in [3.05, 3.63) is 63.3 Å². The van der Waals surface area contributed by atoms with Crippen LogP contribution in [0.5, 0.6) is 0 Å². The zero-order chi connectivity index (χ0) is 20.6. The molecule has 0 radical (unpaired) electrons. The van der Waals surface area contributed by atoms with E-state index in [-0.39, 0.29) is 28.0 Å². The van der Waals surface area contributed by atoms with E-state index in [4.69, 9.17) is 5.11 Å². The molecule has 7 nitrogen and oxygen atoms in total. The van der Waals surface area contributed by atoms with Crippen LogP contribution >= 0.6 is 0 Å². The number of aromatic carboxylic acids is 1. The number of hydrogen-bond acceptors (Lipinski definition) is 5. The number of halogens is 3. The summed E-state index contributed by atoms with van der Waals surface area (Å²) in [6.07, 6.45) is -4.75. The minimum absolute atomic E-state index is 0.0505. The molecule has 28 heavy (non-hydrogen) atoms. The first kappa shape index (κ1) is 19.3. The van der Waals surface area contributed by atoms with Gasteiger partial charge in [0.2, 0.25) is 0 Å². The van der Waals surface area contributed by atoms with Crippen LogP contribution in [0.25, 0.3) is 11.0 Å². The third-order valence-corrected chi connectivity index (χ3v) is 4.09. The molecule has 0 fully saturated rings. The molecule has 3 N–H and O–H groups in total. The number of carbonyl (C=O) groups is 1. The van der Waals surface area contributed by atoms with Crippen LogP contribution in [0.1, 0.15) is 40.4 Å². The van der Waals surface area contributed by atoms with Gasteiger partial charge in [-0.15, -0.1) is 0 Å². The van der Waals surface area contributed by atoms with Gasteiger partial charge in [0, 0.05) is 11.3 Å². The molecule has 0 bridgehead atoms. The lowest BCUT2D eigenvalue weighted by Gasteiger charge is -2.20. The molecule has 0 spiro atoms. The van der Waals surface area contributed by atoms with Crippen molar-refractivity contribution in [3.8, 4) is 0 Å². The predicted octanol–water partition coefficient (Wildman–Crippen LogP) is 3.52. The molecule has 0 saturated heterocycles. The van der Waals surface area contributed by atoms with Gasteiger partial charge in [-0.05, 0) is 44.2 Å². The highest BCUT2D eigenvalue weighted by Crippen LogP contribution is 2.35. The van der Waals surface area contributed by atoms with Gasteiger partial charge >= 0.3 is 12.1 Å². The van der Waals surface area contributed by atoms with Gasteiger partial charge in [-0.2, -0.15) is 13.2 Å². The van der Waals surface area contributed by atoms with Gasteiger partial charge in [0.25, 0.3) is 5.56 Å². The Balaban J connectivity index is 2.06. The van der Waals surface area contributed by atoms with E-state index in [0.717, 1.165) is 6.07 Å². The maximum atomic E-state index is 13.5. The number of benzene rings is 1. The first-order chi connectivity index (χ1) is 13.1. The van der Waals surface area contributed by atoms with Crippen LogP contribution in [0.2, 0.25) is 0 Å². The zero-order valence-corrected chi connectivity index (χ0v) is 14.8. The number of fused-ring (bicyclic) bond motifs is 1. The molecule has 1 atom stereocenters. The molecule has 0 unspecified atom stereocenters. The van der Waals surface area contributed by atoms with Crippen molar-refractivity contribution in [2.24, 2.45) is 0 Å². The summed E-state index contributed by atoms with van der Waals surface area (Å²) in [5.74, 6) is -0.949. The highest BCUT2D eigenvalue weighted by atomic mass is 19.4. The number of hydrogen-bond donors (Lipinski definition) is 3. The molecule has 0 saturated carbocycles. The fourth-order valence-corrected chi connectivity index (χ4v) is 2.78. The molecule has 0 aliphatic rings. The summed E-state index contributed by atoms with van der Waals surface area (Å²) in [6, 6.07) is 5.80. The summed E-state index contributed by atoms with van der Waals surface area (Å²) in [7, 11) is 0. The Morgan fingerprint density at radius 2 is 1.86 bits per heavy atom. The van der Waals surface area contributed by atoms with Crippen LogP contribution in [-0.4, -0.2) is 26.0 Å². The maximum Gasteiger partial charge on any atom is 0.433 e. The van der Waals surface area contributed by atoms with E-state index in [1.54, 1.807) is 0 Å². The number of nitrogens with zero attached hydrogens (tertiary/aromatic N) is 2. The lowest BCUT2D eigenvalue weighted by Crippen LogP contribution is -2.20.